The van der Waals surface area contributed by atoms with Gasteiger partial charge in [-0.3, -0.25) is 0 Å². The molecular weight excluding hydrogens is 451 g/mol. The zero-order valence-electron chi connectivity index (χ0n) is 17.7. The summed E-state index contributed by atoms with van der Waals surface area (Å²) in [6.07, 6.45) is 8.26. The van der Waals surface area contributed by atoms with Crippen LogP contribution in [0.25, 0.3) is 0 Å². The fourth-order valence-corrected chi connectivity index (χ4v) is 9.14. The summed E-state index contributed by atoms with van der Waals surface area (Å²) in [6.45, 7) is 2.38. The Morgan fingerprint density at radius 3 is 2.47 bits per heavy atom. The van der Waals surface area contributed by atoms with Gasteiger partial charge in [0, 0.05) is 0 Å². The monoisotopic (exact) mass is 480 g/mol. The number of hydrogen-bond acceptors (Lipinski definition) is 2. The van der Waals surface area contributed by atoms with Crippen LogP contribution in [0.3, 0.4) is 0 Å². The Labute approximate surface area is 192 Å². The Morgan fingerprint density at radius 1 is 1.07 bits per heavy atom. The first-order valence-electron chi connectivity index (χ1n) is 11.0. The Bertz CT molecular complexity index is 890. The van der Waals surface area contributed by atoms with Crippen LogP contribution < -0.4 is 0 Å². The summed E-state index contributed by atoms with van der Waals surface area (Å²) in [7, 11) is 0. The molecule has 0 radical (unpaired) electrons. The number of rotatable bonds is 8. The number of hydrogen-bond donors (Lipinski definition) is 0. The van der Waals surface area contributed by atoms with E-state index in [4.69, 9.17) is 11.6 Å². The van der Waals surface area contributed by atoms with Gasteiger partial charge in [-0.05, 0) is 0 Å². The molecule has 2 nitrogen and oxygen atoms in total. The van der Waals surface area contributed by atoms with E-state index in [0.29, 0.717) is 21.8 Å². The molecule has 3 rings (SSSR count). The number of nitrogens with zero attached hydrogens (tertiary/aromatic N) is 2. The first-order chi connectivity index (χ1) is 14.6. The van der Waals surface area contributed by atoms with Crippen molar-refractivity contribution < 1.29 is 0 Å². The van der Waals surface area contributed by atoms with Crippen LogP contribution in [0.5, 0.6) is 0 Å². The van der Waals surface area contributed by atoms with E-state index in [1.54, 1.807) is 0 Å². The second-order valence-electron chi connectivity index (χ2n) is 8.50. The van der Waals surface area contributed by atoms with Crippen LogP contribution in [0, 0.1) is 28.6 Å². The normalized spacial score (nSPS) is 17.9. The molecular formula is C26H30AsClN2. The van der Waals surface area contributed by atoms with E-state index >= 15 is 0 Å². The average molecular weight is 481 g/mol. The molecule has 30 heavy (non-hydrogen) atoms. The van der Waals surface area contributed by atoms with Crippen molar-refractivity contribution in [1.29, 1.82) is 10.5 Å². The molecule has 0 spiro atoms. The number of benzene rings is 2. The van der Waals surface area contributed by atoms with Crippen molar-refractivity contribution in [2.45, 2.75) is 67.2 Å². The minimum absolute atomic E-state index is 0.318. The molecule has 2 aromatic carbocycles. The number of nitriles is 2. The van der Waals surface area contributed by atoms with E-state index in [2.05, 4.69) is 43.3 Å². The first-order valence-corrected chi connectivity index (χ1v) is 13.8. The summed E-state index contributed by atoms with van der Waals surface area (Å²) >= 11 is 5.78. The van der Waals surface area contributed by atoms with Crippen molar-refractivity contribution in [1.82, 2.24) is 0 Å². The zero-order valence-corrected chi connectivity index (χ0v) is 20.5. The Hall–Kier alpha value is -1.73. The predicted molar refractivity (Wildman–Crippen MR) is 126 cm³/mol. The molecule has 0 heterocycles. The summed E-state index contributed by atoms with van der Waals surface area (Å²) in [4.78, 5) is 0. The predicted octanol–water partition coefficient (Wildman–Crippen LogP) is 7.07. The van der Waals surface area contributed by atoms with Crippen LogP contribution in [0.2, 0.25) is 14.4 Å². The molecule has 4 atom stereocenters. The summed E-state index contributed by atoms with van der Waals surface area (Å²) in [5.41, 5.74) is 3.25. The maximum atomic E-state index is 9.49. The molecule has 0 bridgehead atoms. The summed E-state index contributed by atoms with van der Waals surface area (Å²) < 4.78 is 1.15. The summed E-state index contributed by atoms with van der Waals surface area (Å²) in [6, 6.07) is 21.1. The van der Waals surface area contributed by atoms with Gasteiger partial charge in [0.25, 0.3) is 0 Å². The van der Waals surface area contributed by atoms with E-state index in [9.17, 15) is 10.5 Å². The molecule has 2 unspecified atom stereocenters. The SMILES string of the molecule is C[C@H]([AsH][C@@H](CC#N)C1CCCCC1)C(Cc1ccc(Cl)cc1)c1cccc(C#N)c1. The number of halogens is 1. The third-order valence-electron chi connectivity index (χ3n) is 6.42. The van der Waals surface area contributed by atoms with Gasteiger partial charge in [-0.2, -0.15) is 0 Å². The van der Waals surface area contributed by atoms with Crippen LogP contribution in [0.1, 0.15) is 68.1 Å². The third-order valence-corrected chi connectivity index (χ3v) is 10.9. The molecule has 0 N–H and O–H groups in total. The van der Waals surface area contributed by atoms with Gasteiger partial charge < -0.3 is 0 Å². The van der Waals surface area contributed by atoms with E-state index in [1.807, 2.05) is 24.3 Å². The van der Waals surface area contributed by atoms with Crippen molar-refractivity contribution >= 4 is 27.4 Å². The Kier molecular flexibility index (Phi) is 8.87. The van der Waals surface area contributed by atoms with Crippen LogP contribution in [0.15, 0.2) is 48.5 Å². The van der Waals surface area contributed by atoms with E-state index in [1.165, 1.54) is 43.2 Å². The van der Waals surface area contributed by atoms with Gasteiger partial charge in [0.05, 0.1) is 0 Å². The average Bonchev–Trinajstić information content (AvgIpc) is 2.79. The van der Waals surface area contributed by atoms with Gasteiger partial charge in [0.15, 0.2) is 0 Å². The van der Waals surface area contributed by atoms with Crippen molar-refractivity contribution in [2.75, 3.05) is 0 Å². The molecule has 1 aliphatic rings. The fourth-order valence-electron chi connectivity index (χ4n) is 4.75. The topological polar surface area (TPSA) is 47.6 Å². The van der Waals surface area contributed by atoms with Gasteiger partial charge in [0.2, 0.25) is 0 Å². The second kappa shape index (κ2) is 11.6. The molecule has 1 aliphatic carbocycles. The van der Waals surface area contributed by atoms with E-state index in [-0.39, 0.29) is 15.8 Å². The molecule has 0 aromatic heterocycles. The summed E-state index contributed by atoms with van der Waals surface area (Å²) in [5, 5.41) is 19.6. The quantitative estimate of drug-likeness (QED) is 0.379. The zero-order chi connectivity index (χ0) is 21.3. The Morgan fingerprint density at radius 2 is 1.80 bits per heavy atom. The summed E-state index contributed by atoms with van der Waals surface area (Å²) in [5.74, 6) is 1.10. The molecule has 1 fully saturated rings. The van der Waals surface area contributed by atoms with Gasteiger partial charge in [-0.15, -0.1) is 0 Å². The van der Waals surface area contributed by atoms with Crippen LogP contribution in [0.4, 0.5) is 0 Å². The molecule has 0 aliphatic heterocycles. The van der Waals surface area contributed by atoms with E-state index in [0.717, 1.165) is 22.9 Å². The molecule has 156 valence electrons. The van der Waals surface area contributed by atoms with Crippen molar-refractivity contribution in [3.05, 3.63) is 70.2 Å². The van der Waals surface area contributed by atoms with Crippen LogP contribution in [-0.4, -0.2) is 15.8 Å². The van der Waals surface area contributed by atoms with Crippen LogP contribution >= 0.6 is 11.6 Å². The molecule has 4 heteroatoms. The van der Waals surface area contributed by atoms with Gasteiger partial charge >= 0.3 is 193 Å². The minimum atomic E-state index is -0.318. The van der Waals surface area contributed by atoms with Gasteiger partial charge in [-0.25, -0.2) is 0 Å². The molecule has 0 amide bonds. The van der Waals surface area contributed by atoms with Crippen molar-refractivity contribution in [2.24, 2.45) is 5.92 Å². The standard InChI is InChI=1S/C26H30AsClN2/c1-19(27-26(14-15-29)22-7-3-2-4-8-22)25(17-20-10-12-24(28)13-11-20)23-9-5-6-21(16-23)18-30/h5-6,9-13,16,19,22,25-27H,2-4,7-8,14,17H2,1H3/t19-,25?,26-/m0/s1. The first kappa shape index (κ1) is 22.9. The van der Waals surface area contributed by atoms with Crippen LogP contribution in [-0.2, 0) is 6.42 Å². The third kappa shape index (κ3) is 6.38. The second-order valence-corrected chi connectivity index (χ2v) is 13.1. The van der Waals surface area contributed by atoms with Gasteiger partial charge in [-0.1, -0.05) is 0 Å². The molecule has 0 saturated heterocycles. The van der Waals surface area contributed by atoms with Gasteiger partial charge in [0.1, 0.15) is 0 Å². The molecule has 1 saturated carbocycles. The van der Waals surface area contributed by atoms with Crippen molar-refractivity contribution in [3.63, 3.8) is 0 Å². The fraction of sp³-hybridized carbons (Fsp3) is 0.462. The maximum absolute atomic E-state index is 9.49. The van der Waals surface area contributed by atoms with Crippen molar-refractivity contribution in [3.8, 4) is 12.1 Å². The van der Waals surface area contributed by atoms with E-state index < -0.39 is 0 Å². The Balaban J connectivity index is 1.84. The molecule has 2 aromatic rings.